The molecule has 2 aliphatic rings. The van der Waals surface area contributed by atoms with Crippen LogP contribution in [0.3, 0.4) is 0 Å². The molecule has 1 aromatic heterocycles. The second-order valence-corrected chi connectivity index (χ2v) is 8.47. The summed E-state index contributed by atoms with van der Waals surface area (Å²) in [7, 11) is 0. The van der Waals surface area contributed by atoms with Crippen LogP contribution in [0, 0.1) is 5.92 Å². The van der Waals surface area contributed by atoms with E-state index in [-0.39, 0.29) is 23.7 Å². The first-order chi connectivity index (χ1) is 12.5. The van der Waals surface area contributed by atoms with Crippen molar-refractivity contribution in [2.75, 3.05) is 6.54 Å². The van der Waals surface area contributed by atoms with Crippen LogP contribution in [0.5, 0.6) is 5.75 Å². The number of thiophene rings is 1. The van der Waals surface area contributed by atoms with Crippen LogP contribution in [0.15, 0.2) is 24.3 Å². The minimum atomic E-state index is -0.0853. The third-order valence-corrected chi connectivity index (χ3v) is 6.59. The van der Waals surface area contributed by atoms with Crippen molar-refractivity contribution in [1.82, 2.24) is 5.32 Å². The molecule has 1 fully saturated rings. The quantitative estimate of drug-likeness (QED) is 0.766. The molecule has 1 atom stereocenters. The molecule has 1 amide bonds. The number of carbonyl (C=O) groups excluding carboxylic acids is 2. The predicted octanol–water partition coefficient (Wildman–Crippen LogP) is 4.49. The Morgan fingerprint density at radius 1 is 1.31 bits per heavy atom. The summed E-state index contributed by atoms with van der Waals surface area (Å²) in [5, 5.41) is 3.57. The van der Waals surface area contributed by atoms with Crippen molar-refractivity contribution in [1.29, 1.82) is 0 Å². The molecule has 0 bridgehead atoms. The summed E-state index contributed by atoms with van der Waals surface area (Å²) < 4.78 is 5.96. The van der Waals surface area contributed by atoms with Gasteiger partial charge in [0.25, 0.3) is 0 Å². The first-order valence-electron chi connectivity index (χ1n) is 8.89. The molecule has 6 heteroatoms. The van der Waals surface area contributed by atoms with E-state index in [2.05, 4.69) is 11.4 Å². The summed E-state index contributed by atoms with van der Waals surface area (Å²) in [5.74, 6) is 1.10. The van der Waals surface area contributed by atoms with Gasteiger partial charge < -0.3 is 10.1 Å². The van der Waals surface area contributed by atoms with E-state index in [9.17, 15) is 9.59 Å². The van der Waals surface area contributed by atoms with Crippen molar-refractivity contribution < 1.29 is 14.3 Å². The number of ketones is 1. The summed E-state index contributed by atoms with van der Waals surface area (Å²) >= 11 is 7.90. The fourth-order valence-corrected chi connectivity index (χ4v) is 4.53. The number of nitrogens with one attached hydrogen (secondary N) is 1. The van der Waals surface area contributed by atoms with Crippen LogP contribution in [0.4, 0.5) is 0 Å². The monoisotopic (exact) mass is 389 g/mol. The third kappa shape index (κ3) is 3.38. The van der Waals surface area contributed by atoms with Crippen LogP contribution in [0.1, 0.15) is 41.4 Å². The van der Waals surface area contributed by atoms with E-state index >= 15 is 0 Å². The lowest BCUT2D eigenvalue weighted by molar-refractivity contribution is -0.127. The van der Waals surface area contributed by atoms with Gasteiger partial charge in [-0.25, -0.2) is 0 Å². The van der Waals surface area contributed by atoms with E-state index in [1.807, 2.05) is 18.2 Å². The summed E-state index contributed by atoms with van der Waals surface area (Å²) in [5.41, 5.74) is 2.04. The number of amides is 1. The van der Waals surface area contributed by atoms with Gasteiger partial charge >= 0.3 is 0 Å². The maximum absolute atomic E-state index is 12.0. The van der Waals surface area contributed by atoms with Crippen LogP contribution < -0.4 is 10.1 Å². The highest BCUT2D eigenvalue weighted by Crippen LogP contribution is 2.41. The lowest BCUT2D eigenvalue weighted by Gasteiger charge is -2.24. The Bertz CT molecular complexity index is 872. The number of carbonyl (C=O) groups is 2. The molecule has 4 rings (SSSR count). The average Bonchev–Trinajstić information content (AvgIpc) is 3.18. The van der Waals surface area contributed by atoms with Crippen molar-refractivity contribution >= 4 is 34.6 Å². The van der Waals surface area contributed by atoms with Crippen LogP contribution in [-0.4, -0.2) is 24.3 Å². The Balaban J connectivity index is 1.46. The zero-order chi connectivity index (χ0) is 18.3. The Labute approximate surface area is 161 Å². The molecule has 1 aliphatic carbocycles. The normalized spacial score (nSPS) is 18.8. The molecule has 0 unspecified atom stereocenters. The molecular weight excluding hydrogens is 370 g/mol. The van der Waals surface area contributed by atoms with Gasteiger partial charge in [0, 0.05) is 22.8 Å². The van der Waals surface area contributed by atoms with Crippen molar-refractivity contribution in [3.63, 3.8) is 0 Å². The molecule has 0 radical (unpaired) electrons. The Morgan fingerprint density at radius 3 is 2.77 bits per heavy atom. The second-order valence-electron chi connectivity index (χ2n) is 6.98. The van der Waals surface area contributed by atoms with Gasteiger partial charge in [-0.2, -0.15) is 0 Å². The van der Waals surface area contributed by atoms with Gasteiger partial charge in [0.2, 0.25) is 5.91 Å². The molecule has 136 valence electrons. The number of benzene rings is 1. The molecule has 4 nitrogen and oxygen atoms in total. The van der Waals surface area contributed by atoms with Crippen LogP contribution >= 0.6 is 22.9 Å². The standard InChI is InChI=1S/C20H20ClNO3S/c1-11(23)17-5-6-18(26-17)13-7-14-8-15(25-19(14)16(21)9-13)10-22-20(24)12-3-2-4-12/h5-7,9,12,15H,2-4,8,10H2,1H3,(H,22,24)/t15-/m1/s1. The number of hydrogen-bond acceptors (Lipinski definition) is 4. The van der Waals surface area contributed by atoms with Gasteiger partial charge in [-0.05, 0) is 49.6 Å². The van der Waals surface area contributed by atoms with E-state index in [0.717, 1.165) is 46.6 Å². The Kier molecular flexibility index (Phi) is 4.76. The van der Waals surface area contributed by atoms with Crippen LogP contribution in [0.25, 0.3) is 10.4 Å². The fraction of sp³-hybridized carbons (Fsp3) is 0.400. The molecule has 26 heavy (non-hydrogen) atoms. The fourth-order valence-electron chi connectivity index (χ4n) is 3.36. The maximum atomic E-state index is 12.0. The molecule has 0 spiro atoms. The number of ether oxygens (including phenoxy) is 1. The first-order valence-corrected chi connectivity index (χ1v) is 10.1. The van der Waals surface area contributed by atoms with Gasteiger partial charge in [0.15, 0.2) is 5.78 Å². The van der Waals surface area contributed by atoms with E-state index in [0.29, 0.717) is 17.3 Å². The summed E-state index contributed by atoms with van der Waals surface area (Å²) in [6.45, 7) is 2.07. The highest BCUT2D eigenvalue weighted by Gasteiger charge is 2.29. The smallest absolute Gasteiger partial charge is 0.223 e. The van der Waals surface area contributed by atoms with Crippen molar-refractivity contribution in [3.8, 4) is 16.2 Å². The average molecular weight is 390 g/mol. The van der Waals surface area contributed by atoms with Crippen molar-refractivity contribution in [3.05, 3.63) is 39.7 Å². The summed E-state index contributed by atoms with van der Waals surface area (Å²) in [4.78, 5) is 25.3. The lowest BCUT2D eigenvalue weighted by atomic mass is 9.85. The predicted molar refractivity (Wildman–Crippen MR) is 103 cm³/mol. The minimum Gasteiger partial charge on any atom is -0.486 e. The van der Waals surface area contributed by atoms with Crippen molar-refractivity contribution in [2.24, 2.45) is 5.92 Å². The highest BCUT2D eigenvalue weighted by molar-refractivity contribution is 7.17. The van der Waals surface area contributed by atoms with E-state index in [1.165, 1.54) is 11.3 Å². The summed E-state index contributed by atoms with van der Waals surface area (Å²) in [6, 6.07) is 7.75. The Morgan fingerprint density at radius 2 is 2.12 bits per heavy atom. The zero-order valence-electron chi connectivity index (χ0n) is 14.5. The molecule has 1 aromatic carbocycles. The number of fused-ring (bicyclic) bond motifs is 1. The van der Waals surface area contributed by atoms with E-state index in [4.69, 9.17) is 16.3 Å². The molecular formula is C20H20ClNO3S. The van der Waals surface area contributed by atoms with E-state index in [1.54, 1.807) is 6.92 Å². The zero-order valence-corrected chi connectivity index (χ0v) is 16.1. The largest absolute Gasteiger partial charge is 0.486 e. The van der Waals surface area contributed by atoms with Crippen LogP contribution in [-0.2, 0) is 11.2 Å². The first kappa shape index (κ1) is 17.6. The third-order valence-electron chi connectivity index (χ3n) is 5.07. The molecule has 2 heterocycles. The molecule has 1 aliphatic heterocycles. The highest BCUT2D eigenvalue weighted by atomic mass is 35.5. The van der Waals surface area contributed by atoms with Gasteiger partial charge in [-0.3, -0.25) is 9.59 Å². The number of halogens is 1. The number of hydrogen-bond donors (Lipinski definition) is 1. The van der Waals surface area contributed by atoms with Crippen molar-refractivity contribution in [2.45, 2.75) is 38.7 Å². The Hall–Kier alpha value is -1.85. The number of Topliss-reactive ketones (excluding diaryl/α,β-unsaturated/α-hetero) is 1. The van der Waals surface area contributed by atoms with E-state index < -0.39 is 0 Å². The van der Waals surface area contributed by atoms with Gasteiger partial charge in [0.1, 0.15) is 11.9 Å². The van der Waals surface area contributed by atoms with Crippen LogP contribution in [0.2, 0.25) is 5.02 Å². The molecule has 0 saturated heterocycles. The maximum Gasteiger partial charge on any atom is 0.223 e. The second kappa shape index (κ2) is 7.05. The number of rotatable bonds is 5. The van der Waals surface area contributed by atoms with Gasteiger partial charge in [-0.15, -0.1) is 11.3 Å². The van der Waals surface area contributed by atoms with Gasteiger partial charge in [-0.1, -0.05) is 18.0 Å². The molecule has 1 N–H and O–H groups in total. The van der Waals surface area contributed by atoms with Gasteiger partial charge in [0.05, 0.1) is 16.4 Å². The lowest BCUT2D eigenvalue weighted by Crippen LogP contribution is -2.40. The summed E-state index contributed by atoms with van der Waals surface area (Å²) in [6.07, 6.45) is 3.78. The molecule has 1 saturated carbocycles. The topological polar surface area (TPSA) is 55.4 Å². The SMILES string of the molecule is CC(=O)c1ccc(-c2cc(Cl)c3c(c2)C[C@H](CNC(=O)C2CCC2)O3)s1. The molecule has 2 aromatic rings. The minimum absolute atomic E-state index is 0.0686.